The second-order valence-electron chi connectivity index (χ2n) is 5.36. The molecular weight excluding hydrogens is 323 g/mol. The van der Waals surface area contributed by atoms with Gasteiger partial charge in [-0.3, -0.25) is 9.59 Å². The first-order chi connectivity index (χ1) is 10.1. The molecule has 1 fully saturated rings. The molecule has 2 rings (SSSR count). The maximum absolute atomic E-state index is 12.7. The van der Waals surface area contributed by atoms with Gasteiger partial charge in [-0.05, 0) is 31.0 Å². The van der Waals surface area contributed by atoms with Gasteiger partial charge in [0.15, 0.2) is 0 Å². The molecule has 1 saturated carbocycles. The maximum Gasteiger partial charge on any atom is 0.417 e. The van der Waals surface area contributed by atoms with Crippen molar-refractivity contribution in [3.8, 4) is 0 Å². The van der Waals surface area contributed by atoms with Gasteiger partial charge in [0.1, 0.15) is 0 Å². The highest BCUT2D eigenvalue weighted by Gasteiger charge is 2.46. The van der Waals surface area contributed by atoms with Crippen molar-refractivity contribution in [3.63, 3.8) is 0 Å². The van der Waals surface area contributed by atoms with Crippen molar-refractivity contribution < 1.29 is 27.9 Å². The molecule has 4 nitrogen and oxygen atoms in total. The van der Waals surface area contributed by atoms with E-state index in [4.69, 9.17) is 16.7 Å². The van der Waals surface area contributed by atoms with E-state index in [1.165, 1.54) is 6.07 Å². The lowest BCUT2D eigenvalue weighted by molar-refractivity contribution is -0.157. The van der Waals surface area contributed by atoms with Gasteiger partial charge in [-0.25, -0.2) is 0 Å². The molecule has 2 N–H and O–H groups in total. The first kappa shape index (κ1) is 16.6. The van der Waals surface area contributed by atoms with E-state index in [0.29, 0.717) is 12.8 Å². The number of hydrogen-bond acceptors (Lipinski definition) is 2. The molecule has 0 unspecified atom stereocenters. The Kier molecular flexibility index (Phi) is 4.37. The van der Waals surface area contributed by atoms with Gasteiger partial charge in [-0.1, -0.05) is 18.0 Å². The molecule has 1 aliphatic carbocycles. The lowest BCUT2D eigenvalue weighted by Gasteiger charge is -2.36. The predicted octanol–water partition coefficient (Wildman–Crippen LogP) is 3.94. The number of alkyl halides is 3. The monoisotopic (exact) mass is 335 g/mol. The summed E-state index contributed by atoms with van der Waals surface area (Å²) in [5.74, 6) is -1.68. The minimum absolute atomic E-state index is 0.0680. The third-order valence-corrected chi connectivity index (χ3v) is 4.15. The van der Waals surface area contributed by atoms with E-state index in [1.54, 1.807) is 0 Å². The van der Waals surface area contributed by atoms with E-state index in [0.717, 1.165) is 18.6 Å². The molecule has 1 amide bonds. The van der Waals surface area contributed by atoms with Crippen LogP contribution >= 0.6 is 11.6 Å². The zero-order valence-electron chi connectivity index (χ0n) is 11.3. The molecule has 0 spiro atoms. The first-order valence-corrected chi connectivity index (χ1v) is 6.92. The number of nitrogens with one attached hydrogen (secondary N) is 1. The number of carbonyl (C=O) groups excluding carboxylic acids is 1. The van der Waals surface area contributed by atoms with Gasteiger partial charge in [-0.2, -0.15) is 13.2 Å². The summed E-state index contributed by atoms with van der Waals surface area (Å²) in [6.45, 7) is 0. The zero-order chi connectivity index (χ0) is 16.5. The van der Waals surface area contributed by atoms with Crippen molar-refractivity contribution in [1.82, 2.24) is 0 Å². The van der Waals surface area contributed by atoms with Crippen LogP contribution in [0.15, 0.2) is 18.2 Å². The van der Waals surface area contributed by atoms with Crippen molar-refractivity contribution in [3.05, 3.63) is 28.8 Å². The van der Waals surface area contributed by atoms with Crippen molar-refractivity contribution in [2.45, 2.75) is 31.9 Å². The number of rotatable bonds is 4. The van der Waals surface area contributed by atoms with Crippen LogP contribution in [0, 0.1) is 5.41 Å². The molecule has 22 heavy (non-hydrogen) atoms. The SMILES string of the molecule is O=C(CC1(C(=O)O)CCC1)Nc1ccc(Cl)c(C(F)(F)F)c1. The van der Waals surface area contributed by atoms with Gasteiger partial charge in [0, 0.05) is 12.1 Å². The first-order valence-electron chi connectivity index (χ1n) is 6.54. The van der Waals surface area contributed by atoms with Crippen molar-refractivity contribution in [1.29, 1.82) is 0 Å². The van der Waals surface area contributed by atoms with Crippen LogP contribution in [-0.2, 0) is 15.8 Å². The fraction of sp³-hybridized carbons (Fsp3) is 0.429. The molecular formula is C14H13ClF3NO3. The van der Waals surface area contributed by atoms with Crippen LogP contribution in [0.3, 0.4) is 0 Å². The normalized spacial score (nSPS) is 16.7. The standard InChI is InChI=1S/C14H13ClF3NO3/c15-10-3-2-8(6-9(10)14(16,17)18)19-11(20)7-13(12(21)22)4-1-5-13/h2-3,6H,1,4-5,7H2,(H,19,20)(H,21,22). The molecule has 1 aromatic carbocycles. The number of carboxylic acids is 1. The molecule has 0 saturated heterocycles. The van der Waals surface area contributed by atoms with Gasteiger partial charge >= 0.3 is 12.1 Å². The summed E-state index contributed by atoms with van der Waals surface area (Å²) >= 11 is 5.49. The largest absolute Gasteiger partial charge is 0.481 e. The smallest absolute Gasteiger partial charge is 0.417 e. The molecule has 0 heterocycles. The van der Waals surface area contributed by atoms with Gasteiger partial charge in [-0.15, -0.1) is 0 Å². The van der Waals surface area contributed by atoms with Crippen LogP contribution in [0.2, 0.25) is 5.02 Å². The van der Waals surface area contributed by atoms with Gasteiger partial charge in [0.2, 0.25) is 5.91 Å². The van der Waals surface area contributed by atoms with Crippen molar-refractivity contribution in [2.75, 3.05) is 5.32 Å². The second kappa shape index (κ2) is 5.79. The Labute approximate surface area is 129 Å². The van der Waals surface area contributed by atoms with E-state index in [-0.39, 0.29) is 12.1 Å². The summed E-state index contributed by atoms with van der Waals surface area (Å²) in [5.41, 5.74) is -2.21. The summed E-state index contributed by atoms with van der Waals surface area (Å²) in [7, 11) is 0. The van der Waals surface area contributed by atoms with E-state index in [2.05, 4.69) is 5.32 Å². The summed E-state index contributed by atoms with van der Waals surface area (Å²) in [6, 6.07) is 3.01. The van der Waals surface area contributed by atoms with Crippen LogP contribution in [0.4, 0.5) is 18.9 Å². The Bertz CT molecular complexity index is 612. The Morgan fingerprint density at radius 1 is 1.32 bits per heavy atom. The van der Waals surface area contributed by atoms with E-state index in [9.17, 15) is 22.8 Å². The zero-order valence-corrected chi connectivity index (χ0v) is 12.1. The average Bonchev–Trinajstić information content (AvgIpc) is 2.34. The number of carboxylic acid groups (broad SMARTS) is 1. The third-order valence-electron chi connectivity index (χ3n) is 3.82. The van der Waals surface area contributed by atoms with Crippen molar-refractivity contribution in [2.24, 2.45) is 5.41 Å². The molecule has 0 radical (unpaired) electrons. The fourth-order valence-electron chi connectivity index (χ4n) is 2.40. The minimum Gasteiger partial charge on any atom is -0.481 e. The second-order valence-corrected chi connectivity index (χ2v) is 5.76. The summed E-state index contributed by atoms with van der Waals surface area (Å²) in [5, 5.41) is 11.0. The number of halogens is 4. The average molecular weight is 336 g/mol. The number of aliphatic carboxylic acids is 1. The van der Waals surface area contributed by atoms with Crippen LogP contribution in [0.25, 0.3) is 0 Å². The number of hydrogen-bond donors (Lipinski definition) is 2. The molecule has 120 valence electrons. The Hall–Kier alpha value is -1.76. The van der Waals surface area contributed by atoms with Crippen LogP contribution in [0.1, 0.15) is 31.2 Å². The highest BCUT2D eigenvalue weighted by Crippen LogP contribution is 2.44. The number of amides is 1. The quantitative estimate of drug-likeness (QED) is 0.875. The van der Waals surface area contributed by atoms with E-state index >= 15 is 0 Å². The van der Waals surface area contributed by atoms with Crippen LogP contribution < -0.4 is 5.32 Å². The van der Waals surface area contributed by atoms with Gasteiger partial charge in [0.25, 0.3) is 0 Å². The number of benzene rings is 1. The van der Waals surface area contributed by atoms with Gasteiger partial charge < -0.3 is 10.4 Å². The van der Waals surface area contributed by atoms with E-state index in [1.807, 2.05) is 0 Å². The molecule has 8 heteroatoms. The number of anilines is 1. The summed E-state index contributed by atoms with van der Waals surface area (Å²) < 4.78 is 38.2. The molecule has 0 atom stereocenters. The topological polar surface area (TPSA) is 66.4 Å². The Balaban J connectivity index is 2.11. The highest BCUT2D eigenvalue weighted by atomic mass is 35.5. The fourth-order valence-corrected chi connectivity index (χ4v) is 2.63. The molecule has 0 aliphatic heterocycles. The Morgan fingerprint density at radius 2 is 1.95 bits per heavy atom. The van der Waals surface area contributed by atoms with Crippen molar-refractivity contribution >= 4 is 29.2 Å². The molecule has 1 aliphatic rings. The summed E-state index contributed by atoms with van der Waals surface area (Å²) in [4.78, 5) is 23.1. The molecule has 0 aromatic heterocycles. The maximum atomic E-state index is 12.7. The van der Waals surface area contributed by atoms with Crippen LogP contribution in [-0.4, -0.2) is 17.0 Å². The van der Waals surface area contributed by atoms with Crippen LogP contribution in [0.5, 0.6) is 0 Å². The highest BCUT2D eigenvalue weighted by molar-refractivity contribution is 6.31. The lowest BCUT2D eigenvalue weighted by Crippen LogP contribution is -2.41. The lowest BCUT2D eigenvalue weighted by atomic mass is 9.66. The molecule has 1 aromatic rings. The minimum atomic E-state index is -4.63. The summed E-state index contributed by atoms with van der Waals surface area (Å²) in [6.07, 6.45) is -3.38. The van der Waals surface area contributed by atoms with E-state index < -0.39 is 34.1 Å². The third kappa shape index (κ3) is 3.35. The molecule has 0 bridgehead atoms. The predicted molar refractivity (Wildman–Crippen MR) is 73.6 cm³/mol. The Morgan fingerprint density at radius 3 is 2.41 bits per heavy atom. The number of carbonyl (C=O) groups is 2. The van der Waals surface area contributed by atoms with Gasteiger partial charge in [0.05, 0.1) is 16.0 Å².